The van der Waals surface area contributed by atoms with Crippen LogP contribution >= 0.6 is 0 Å². The minimum absolute atomic E-state index is 0.364. The second-order valence-electron chi connectivity index (χ2n) is 19.4. The quantitative estimate of drug-likeness (QED) is 0.0522. The van der Waals surface area contributed by atoms with Crippen molar-refractivity contribution in [2.75, 3.05) is 52.7 Å². The Hall–Kier alpha value is -0.930. The van der Waals surface area contributed by atoms with Gasteiger partial charge in [0, 0.05) is 39.4 Å². The van der Waals surface area contributed by atoms with Gasteiger partial charge in [0.15, 0.2) is 0 Å². The van der Waals surface area contributed by atoms with Crippen LogP contribution in [0.25, 0.3) is 0 Å². The van der Waals surface area contributed by atoms with Gasteiger partial charge in [-0.1, -0.05) is 200 Å². The predicted octanol–water partition coefficient (Wildman–Crippen LogP) is 14.6. The van der Waals surface area contributed by atoms with Gasteiger partial charge in [0.05, 0.1) is 24.4 Å². The van der Waals surface area contributed by atoms with Crippen molar-refractivity contribution in [3.05, 3.63) is 0 Å². The maximum Gasteiger partial charge on any atom is 0.407 e. The van der Waals surface area contributed by atoms with Crippen molar-refractivity contribution in [1.82, 2.24) is 5.32 Å². The molecule has 0 fully saturated rings. The van der Waals surface area contributed by atoms with E-state index in [9.17, 15) is 4.79 Å². The zero-order valence-corrected chi connectivity index (χ0v) is 41.0. The number of carbonyl (C=O) groups excluding carboxylic acids is 1. The first kappa shape index (κ1) is 59.1. The highest BCUT2D eigenvalue weighted by Gasteiger charge is 2.25. The molecule has 4 N–H and O–H groups in total. The van der Waals surface area contributed by atoms with Gasteiger partial charge in [-0.2, -0.15) is 0 Å². The number of hydrogen-bond donors (Lipinski definition) is 3. The fourth-order valence-electron chi connectivity index (χ4n) is 8.01. The zero-order chi connectivity index (χ0) is 44.1. The van der Waals surface area contributed by atoms with Crippen LogP contribution in [0.15, 0.2) is 0 Å². The molecule has 0 aromatic heterocycles. The van der Waals surface area contributed by atoms with Gasteiger partial charge in [-0.05, 0) is 65.8 Å². The van der Waals surface area contributed by atoms with Crippen LogP contribution in [0.3, 0.4) is 0 Å². The van der Waals surface area contributed by atoms with Crippen LogP contribution in [-0.4, -0.2) is 75.1 Å². The number of rotatable bonds is 49. The lowest BCUT2D eigenvalue weighted by atomic mass is 9.92. The maximum atomic E-state index is 12.1. The van der Waals surface area contributed by atoms with E-state index in [1.54, 1.807) is 0 Å². The second kappa shape index (κ2) is 44.7. The normalized spacial score (nSPS) is 12.7. The summed E-state index contributed by atoms with van der Waals surface area (Å²) in [5.41, 5.74) is 4.80. The van der Waals surface area contributed by atoms with Crippen LogP contribution in [0.5, 0.6) is 0 Å². The van der Waals surface area contributed by atoms with Crippen LogP contribution in [0.2, 0.25) is 0 Å². The standard InChI is InChI=1S/C52H106N2O6/c1-6-49(38-32-28-24-20-16-12-9-7-8-10-14-18-22-26-30-34-43-55)39-33-29-25-21-17-13-11-15-19-23-27-31-35-44-57-45-37-46-58-50(56)54-42-40-51(2,3)60-48-52(4,5)59-47-36-41-53/h49,55H,6-48,53H2,1-5H3,(H,54,56). The molecule has 0 heterocycles. The van der Waals surface area contributed by atoms with E-state index < -0.39 is 0 Å². The average Bonchev–Trinajstić information content (AvgIpc) is 3.22. The number of ether oxygens (including phenoxy) is 4. The van der Waals surface area contributed by atoms with Gasteiger partial charge in [0.25, 0.3) is 0 Å². The van der Waals surface area contributed by atoms with Crippen LogP contribution in [0.4, 0.5) is 4.79 Å². The SMILES string of the molecule is CCC(CCCCCCCCCCCCCCCCCCO)CCCCCCCCCCCCCCCOCCCOC(=O)NCCC(C)(C)OCC(C)(C)OCCCN. The highest BCUT2D eigenvalue weighted by Crippen LogP contribution is 2.23. The molecule has 0 aliphatic rings. The van der Waals surface area contributed by atoms with Crippen molar-refractivity contribution in [3.63, 3.8) is 0 Å². The molecule has 0 aliphatic heterocycles. The topological polar surface area (TPSA) is 112 Å². The van der Waals surface area contributed by atoms with Crippen LogP contribution < -0.4 is 11.1 Å². The number of hydrogen-bond acceptors (Lipinski definition) is 7. The van der Waals surface area contributed by atoms with Crippen molar-refractivity contribution in [2.45, 2.75) is 271 Å². The highest BCUT2D eigenvalue weighted by atomic mass is 16.6. The third-order valence-electron chi connectivity index (χ3n) is 12.3. The molecule has 0 radical (unpaired) electrons. The van der Waals surface area contributed by atoms with E-state index in [2.05, 4.69) is 12.2 Å². The summed E-state index contributed by atoms with van der Waals surface area (Å²) < 4.78 is 23.0. The Morgan fingerprint density at radius 1 is 0.517 bits per heavy atom. The lowest BCUT2D eigenvalue weighted by molar-refractivity contribution is -0.121. The van der Waals surface area contributed by atoms with Crippen molar-refractivity contribution in [2.24, 2.45) is 11.7 Å². The van der Waals surface area contributed by atoms with E-state index in [4.69, 9.17) is 29.8 Å². The summed E-state index contributed by atoms with van der Waals surface area (Å²) in [5, 5.41) is 11.7. The number of amides is 1. The molecule has 8 heteroatoms. The van der Waals surface area contributed by atoms with E-state index in [-0.39, 0.29) is 17.3 Å². The molecule has 1 atom stereocenters. The van der Waals surface area contributed by atoms with Gasteiger partial charge in [0.2, 0.25) is 0 Å². The van der Waals surface area contributed by atoms with Crippen molar-refractivity contribution in [3.8, 4) is 0 Å². The Bertz CT molecular complexity index is 871. The Morgan fingerprint density at radius 2 is 0.933 bits per heavy atom. The van der Waals surface area contributed by atoms with Gasteiger partial charge in [0.1, 0.15) is 0 Å². The summed E-state index contributed by atoms with van der Waals surface area (Å²) in [6, 6.07) is 0. The molecular formula is C52H106N2O6. The molecule has 0 saturated heterocycles. The van der Waals surface area contributed by atoms with Crippen molar-refractivity contribution in [1.29, 1.82) is 0 Å². The summed E-state index contributed by atoms with van der Waals surface area (Å²) >= 11 is 0. The fourth-order valence-corrected chi connectivity index (χ4v) is 8.01. The summed E-state index contributed by atoms with van der Waals surface area (Å²) in [4.78, 5) is 12.1. The number of nitrogens with one attached hydrogen (secondary N) is 1. The number of carbonyl (C=O) groups is 1. The number of aliphatic hydroxyl groups is 1. The monoisotopic (exact) mass is 855 g/mol. The summed E-state index contributed by atoms with van der Waals surface area (Å²) in [6.07, 6.45) is 46.1. The first-order valence-corrected chi connectivity index (χ1v) is 26.2. The molecule has 360 valence electrons. The summed E-state index contributed by atoms with van der Waals surface area (Å²) in [7, 11) is 0. The molecule has 60 heavy (non-hydrogen) atoms. The minimum atomic E-state index is -0.384. The smallest absolute Gasteiger partial charge is 0.407 e. The summed E-state index contributed by atoms with van der Waals surface area (Å²) in [6.45, 7) is 14.9. The Balaban J connectivity index is 3.40. The molecular weight excluding hydrogens is 749 g/mol. The van der Waals surface area contributed by atoms with Gasteiger partial charge in [-0.15, -0.1) is 0 Å². The van der Waals surface area contributed by atoms with E-state index in [0.29, 0.717) is 52.5 Å². The number of nitrogens with two attached hydrogens (primary N) is 1. The largest absolute Gasteiger partial charge is 0.449 e. The molecule has 0 aromatic carbocycles. The molecule has 1 unspecified atom stereocenters. The van der Waals surface area contributed by atoms with Gasteiger partial charge in [-0.25, -0.2) is 4.79 Å². The molecule has 0 saturated carbocycles. The molecule has 0 spiro atoms. The van der Waals surface area contributed by atoms with Gasteiger partial charge < -0.3 is 35.1 Å². The van der Waals surface area contributed by atoms with Crippen molar-refractivity contribution >= 4 is 6.09 Å². The molecule has 0 aromatic rings. The average molecular weight is 855 g/mol. The van der Waals surface area contributed by atoms with Crippen LogP contribution in [-0.2, 0) is 18.9 Å². The lowest BCUT2D eigenvalue weighted by Gasteiger charge is -2.32. The first-order valence-electron chi connectivity index (χ1n) is 26.2. The van der Waals surface area contributed by atoms with Crippen molar-refractivity contribution < 1.29 is 28.8 Å². The molecule has 1 amide bonds. The van der Waals surface area contributed by atoms with Gasteiger partial charge in [-0.3, -0.25) is 0 Å². The zero-order valence-electron chi connectivity index (χ0n) is 41.0. The van der Waals surface area contributed by atoms with E-state index >= 15 is 0 Å². The van der Waals surface area contributed by atoms with Gasteiger partial charge >= 0.3 is 6.09 Å². The number of unbranched alkanes of at least 4 members (excludes halogenated alkanes) is 27. The Kier molecular flexibility index (Phi) is 44.0. The minimum Gasteiger partial charge on any atom is -0.449 e. The fraction of sp³-hybridized carbons (Fsp3) is 0.981. The third kappa shape index (κ3) is 45.1. The highest BCUT2D eigenvalue weighted by molar-refractivity contribution is 5.67. The van der Waals surface area contributed by atoms with E-state index in [0.717, 1.165) is 38.2 Å². The third-order valence-corrected chi connectivity index (χ3v) is 12.3. The molecule has 0 rings (SSSR count). The second-order valence-corrected chi connectivity index (χ2v) is 19.4. The molecule has 0 bridgehead atoms. The summed E-state index contributed by atoms with van der Waals surface area (Å²) in [5.74, 6) is 0.970. The van der Waals surface area contributed by atoms with E-state index in [1.807, 2.05) is 27.7 Å². The lowest BCUT2D eigenvalue weighted by Crippen LogP contribution is -2.39. The van der Waals surface area contributed by atoms with Crippen LogP contribution in [0, 0.1) is 5.92 Å². The predicted molar refractivity (Wildman–Crippen MR) is 257 cm³/mol. The Labute approximate surface area is 374 Å². The first-order chi connectivity index (χ1) is 29.2. The maximum absolute atomic E-state index is 12.1. The molecule has 0 aliphatic carbocycles. The number of alkyl carbamates (subject to hydrolysis) is 1. The Morgan fingerprint density at radius 3 is 1.37 bits per heavy atom. The molecule has 8 nitrogen and oxygen atoms in total. The number of aliphatic hydroxyl groups excluding tert-OH is 1. The van der Waals surface area contributed by atoms with Crippen LogP contribution in [0.1, 0.15) is 259 Å². The van der Waals surface area contributed by atoms with E-state index in [1.165, 1.54) is 193 Å².